The summed E-state index contributed by atoms with van der Waals surface area (Å²) in [6.07, 6.45) is 0. The molecule has 0 saturated heterocycles. The summed E-state index contributed by atoms with van der Waals surface area (Å²) < 4.78 is 0. The monoisotopic (exact) mass is 192 g/mol. The van der Waals surface area contributed by atoms with E-state index >= 15 is 0 Å². The van der Waals surface area contributed by atoms with Gasteiger partial charge in [-0.3, -0.25) is 4.79 Å². The quantitative estimate of drug-likeness (QED) is 0.440. The third kappa shape index (κ3) is 517. The van der Waals surface area contributed by atoms with Crippen molar-refractivity contribution in [3.8, 4) is 0 Å². The summed E-state index contributed by atoms with van der Waals surface area (Å²) in [5.41, 5.74) is 0. The van der Waals surface area contributed by atoms with Crippen LogP contribution in [-0.4, -0.2) is 11.1 Å². The van der Waals surface area contributed by atoms with Gasteiger partial charge in [0.15, 0.2) is 0 Å². The van der Waals surface area contributed by atoms with Gasteiger partial charge in [-0.15, -0.1) is 0 Å². The van der Waals surface area contributed by atoms with Crippen LogP contribution in [0.3, 0.4) is 0 Å². The molecule has 0 heterocycles. The van der Waals surface area contributed by atoms with Crippen LogP contribution in [0.1, 0.15) is 6.92 Å². The minimum atomic E-state index is -0.833. The molecule has 0 fully saturated rings. The first kappa shape index (κ1) is 16.0. The molecule has 1 N–H and O–H groups in total. The van der Waals surface area contributed by atoms with Gasteiger partial charge < -0.3 is 16.9 Å². The largest absolute Gasteiger partial charge is 0.512 e. The van der Waals surface area contributed by atoms with Crippen LogP contribution in [0.15, 0.2) is 0 Å². The third-order valence-electron chi connectivity index (χ3n) is 0. The van der Waals surface area contributed by atoms with E-state index in [0.717, 1.165) is 6.92 Å². The van der Waals surface area contributed by atoms with Gasteiger partial charge in [-0.2, -0.15) is 0 Å². The molecular weight excluding hydrogens is 188 g/mol. The zero-order valence-electron chi connectivity index (χ0n) is 3.62. The molecule has 0 bridgehead atoms. The maximum atomic E-state index is 9.00. The van der Waals surface area contributed by atoms with E-state index in [1.807, 2.05) is 0 Å². The van der Waals surface area contributed by atoms with Gasteiger partial charge in [0, 0.05) is 27.3 Å². The first-order valence-corrected chi connectivity index (χ1v) is 1.15. The Kier molecular flexibility index (Phi) is 39.8. The summed E-state index contributed by atoms with van der Waals surface area (Å²) >= 11 is 0. The van der Waals surface area contributed by atoms with Gasteiger partial charge in [-0.1, -0.05) is 0 Å². The van der Waals surface area contributed by atoms with Crippen molar-refractivity contribution in [1.82, 2.24) is 0 Å². The van der Waals surface area contributed by atoms with Gasteiger partial charge >= 0.3 is 0 Å². The molecule has 0 aliphatic carbocycles. The Morgan fingerprint density at radius 2 is 1.71 bits per heavy atom. The van der Waals surface area contributed by atoms with Crippen LogP contribution in [0.2, 0.25) is 0 Å². The fraction of sp³-hybridized carbons (Fsp3) is 0.333. The number of hydrogen-bond acceptors (Lipinski definition) is 2. The molecular formula is C3H4NO2Pd-. The summed E-state index contributed by atoms with van der Waals surface area (Å²) in [6, 6.07) is 0. The molecule has 44 valence electrons. The van der Waals surface area contributed by atoms with Gasteiger partial charge in [0.2, 0.25) is 0 Å². The van der Waals surface area contributed by atoms with Crippen molar-refractivity contribution in [2.45, 2.75) is 6.92 Å². The van der Waals surface area contributed by atoms with Crippen molar-refractivity contribution in [3.63, 3.8) is 0 Å². The van der Waals surface area contributed by atoms with Crippen molar-refractivity contribution >= 4 is 5.97 Å². The molecule has 0 aliphatic rings. The molecule has 0 saturated carbocycles. The van der Waals surface area contributed by atoms with Crippen LogP contribution in [0, 0.1) is 11.8 Å². The fourth-order valence-corrected chi connectivity index (χ4v) is 0. The molecule has 0 spiro atoms. The van der Waals surface area contributed by atoms with E-state index in [-0.39, 0.29) is 20.4 Å². The number of hydrogen-bond donors (Lipinski definition) is 1. The number of carbonyl (C=O) groups is 1. The first-order valence-electron chi connectivity index (χ1n) is 1.15. The average Bonchev–Trinajstić information content (AvgIpc) is 1.41. The second-order valence-corrected chi connectivity index (χ2v) is 0.519. The van der Waals surface area contributed by atoms with E-state index in [2.05, 4.69) is 0 Å². The normalized spacial score (nSPS) is 3.86. The predicted molar refractivity (Wildman–Crippen MR) is 18.3 cm³/mol. The van der Waals surface area contributed by atoms with Crippen molar-refractivity contribution < 1.29 is 30.3 Å². The molecule has 0 aromatic heterocycles. The number of nitrogens with zero attached hydrogens (tertiary/aromatic N) is 1. The van der Waals surface area contributed by atoms with Crippen LogP contribution in [0.4, 0.5) is 0 Å². The molecule has 0 rings (SSSR count). The van der Waals surface area contributed by atoms with Gasteiger partial charge in [0.1, 0.15) is 0 Å². The van der Waals surface area contributed by atoms with E-state index < -0.39 is 5.97 Å². The molecule has 4 heteroatoms. The summed E-state index contributed by atoms with van der Waals surface area (Å²) in [5, 5.41) is 13.7. The molecule has 7 heavy (non-hydrogen) atoms. The third-order valence-corrected chi connectivity index (χ3v) is 0. The number of carboxylic acids is 1. The maximum Gasteiger partial charge on any atom is 0.300 e. The van der Waals surface area contributed by atoms with Crippen LogP contribution < -0.4 is 0 Å². The van der Waals surface area contributed by atoms with E-state index in [1.54, 1.807) is 0 Å². The van der Waals surface area contributed by atoms with E-state index in [1.165, 1.54) is 0 Å². The summed E-state index contributed by atoms with van der Waals surface area (Å²) in [5.74, 6) is -0.833. The Balaban J connectivity index is -0.0000000480. The molecule has 0 aromatic carbocycles. The Hall–Kier alpha value is -0.378. The van der Waals surface area contributed by atoms with Crippen LogP contribution in [0.25, 0.3) is 0 Å². The second kappa shape index (κ2) is 17.5. The number of carboxylic acid groups (broad SMARTS) is 1. The van der Waals surface area contributed by atoms with Gasteiger partial charge in [-0.25, -0.2) is 0 Å². The van der Waals surface area contributed by atoms with E-state index in [0.29, 0.717) is 0 Å². The molecule has 0 aromatic rings. The van der Waals surface area contributed by atoms with Gasteiger partial charge in [-0.05, 0) is 0 Å². The van der Waals surface area contributed by atoms with E-state index in [9.17, 15) is 0 Å². The van der Waals surface area contributed by atoms with Crippen molar-refractivity contribution in [2.24, 2.45) is 0 Å². The molecule has 0 radical (unpaired) electrons. The zero-order valence-corrected chi connectivity index (χ0v) is 5.17. The molecule has 3 nitrogen and oxygen atoms in total. The van der Waals surface area contributed by atoms with Crippen LogP contribution >= 0.6 is 0 Å². The first-order chi connectivity index (χ1) is 2.73. The number of aliphatic carboxylic acids is 1. The van der Waals surface area contributed by atoms with Crippen molar-refractivity contribution in [1.29, 1.82) is 5.26 Å². The van der Waals surface area contributed by atoms with Crippen molar-refractivity contribution in [3.05, 3.63) is 6.57 Å². The summed E-state index contributed by atoms with van der Waals surface area (Å²) in [7, 11) is 0. The minimum Gasteiger partial charge on any atom is -0.512 e. The smallest absolute Gasteiger partial charge is 0.300 e. The molecule has 0 atom stereocenters. The van der Waals surface area contributed by atoms with Crippen LogP contribution in [-0.2, 0) is 25.2 Å². The molecule has 0 amide bonds. The Morgan fingerprint density at radius 1 is 1.71 bits per heavy atom. The summed E-state index contributed by atoms with van der Waals surface area (Å²) in [6.45, 7) is 5.83. The van der Waals surface area contributed by atoms with Crippen molar-refractivity contribution in [2.75, 3.05) is 0 Å². The SMILES string of the molecule is CC(=O)O.[C-]#N.[Pd]. The standard InChI is InChI=1S/C2H4O2.CN.Pd/c1-2(3)4;1-2;/h1H3,(H,3,4);;/q;-1;. The fourth-order valence-electron chi connectivity index (χ4n) is 0. The number of rotatable bonds is 0. The molecule has 0 unspecified atom stereocenters. The van der Waals surface area contributed by atoms with Crippen LogP contribution in [0.5, 0.6) is 0 Å². The topological polar surface area (TPSA) is 61.1 Å². The molecule has 0 aliphatic heterocycles. The Morgan fingerprint density at radius 3 is 1.71 bits per heavy atom. The predicted octanol–water partition coefficient (Wildman–Crippen LogP) is 0.185. The van der Waals surface area contributed by atoms with Gasteiger partial charge in [0.05, 0.1) is 0 Å². The second-order valence-electron chi connectivity index (χ2n) is 0.519. The Bertz CT molecular complexity index is 57.2. The minimum absolute atomic E-state index is 0. The Labute approximate surface area is 55.6 Å². The summed E-state index contributed by atoms with van der Waals surface area (Å²) in [4.78, 5) is 9.00. The maximum absolute atomic E-state index is 9.00. The average molecular weight is 192 g/mol. The van der Waals surface area contributed by atoms with Gasteiger partial charge in [0.25, 0.3) is 5.97 Å². The van der Waals surface area contributed by atoms with E-state index in [4.69, 9.17) is 21.7 Å². The zero-order chi connectivity index (χ0) is 5.58.